The summed E-state index contributed by atoms with van der Waals surface area (Å²) in [6.45, 7) is 0. The topological polar surface area (TPSA) is 124 Å². The van der Waals surface area contributed by atoms with Crippen molar-refractivity contribution < 1.29 is 23.4 Å². The molecule has 0 saturated carbocycles. The molecule has 170 valence electrons. The van der Waals surface area contributed by atoms with Crippen LogP contribution in [0.1, 0.15) is 12.3 Å². The van der Waals surface area contributed by atoms with Crippen LogP contribution in [-0.4, -0.2) is 47.4 Å². The number of aromatic amines is 1. The molecule has 4 rings (SSSR count). The highest BCUT2D eigenvalue weighted by atomic mass is 16.5. The number of nitrogens with zero attached hydrogens (tertiary/aromatic N) is 3. The molecule has 2 N–H and O–H groups in total. The van der Waals surface area contributed by atoms with E-state index in [1.165, 1.54) is 0 Å². The number of oxazole rings is 1. The average Bonchev–Trinajstić information content (AvgIpc) is 3.52. The minimum atomic E-state index is -0.258. The second-order valence-electron chi connectivity index (χ2n) is 6.97. The van der Waals surface area contributed by atoms with Crippen molar-refractivity contribution in [3.8, 4) is 40.0 Å². The van der Waals surface area contributed by atoms with E-state index in [0.29, 0.717) is 41.0 Å². The number of aryl methyl sites for hydroxylation is 1. The van der Waals surface area contributed by atoms with E-state index in [2.05, 4.69) is 25.5 Å². The SMILES string of the molecule is COc1ccc(-c2cnc(CCC(=O)Nc3n[nH]c(-c4ccc(OC)cc4OC)n3)o2)cc1. The van der Waals surface area contributed by atoms with Gasteiger partial charge in [-0.1, -0.05) is 0 Å². The van der Waals surface area contributed by atoms with Crippen molar-refractivity contribution >= 4 is 11.9 Å². The summed E-state index contributed by atoms with van der Waals surface area (Å²) in [5.74, 6) is 3.45. The van der Waals surface area contributed by atoms with Gasteiger partial charge in [-0.2, -0.15) is 4.98 Å². The van der Waals surface area contributed by atoms with Gasteiger partial charge in [-0.15, -0.1) is 5.10 Å². The number of ether oxygens (including phenoxy) is 3. The molecule has 1 amide bonds. The van der Waals surface area contributed by atoms with E-state index in [9.17, 15) is 4.79 Å². The van der Waals surface area contributed by atoms with Gasteiger partial charge in [0.05, 0.1) is 33.1 Å². The smallest absolute Gasteiger partial charge is 0.249 e. The van der Waals surface area contributed by atoms with Gasteiger partial charge >= 0.3 is 0 Å². The minimum Gasteiger partial charge on any atom is -0.497 e. The van der Waals surface area contributed by atoms with Crippen LogP contribution in [0.2, 0.25) is 0 Å². The summed E-state index contributed by atoms with van der Waals surface area (Å²) in [5.41, 5.74) is 1.57. The zero-order valence-corrected chi connectivity index (χ0v) is 18.4. The molecule has 0 radical (unpaired) electrons. The van der Waals surface area contributed by atoms with Crippen LogP contribution in [0.4, 0.5) is 5.95 Å². The minimum absolute atomic E-state index is 0.165. The number of nitrogens with one attached hydrogen (secondary N) is 2. The number of carbonyl (C=O) groups excluding carboxylic acids is 1. The Balaban J connectivity index is 1.35. The Morgan fingerprint density at radius 1 is 1.03 bits per heavy atom. The Hall–Kier alpha value is -4.34. The maximum atomic E-state index is 12.4. The number of carbonyl (C=O) groups is 1. The molecule has 0 aliphatic heterocycles. The zero-order valence-electron chi connectivity index (χ0n) is 18.4. The van der Waals surface area contributed by atoms with E-state index in [-0.39, 0.29) is 18.3 Å². The van der Waals surface area contributed by atoms with Crippen LogP contribution in [0.25, 0.3) is 22.7 Å². The lowest BCUT2D eigenvalue weighted by molar-refractivity contribution is -0.116. The van der Waals surface area contributed by atoms with Crippen LogP contribution in [0, 0.1) is 0 Å². The van der Waals surface area contributed by atoms with Gasteiger partial charge in [0.2, 0.25) is 11.9 Å². The monoisotopic (exact) mass is 449 g/mol. The van der Waals surface area contributed by atoms with Crippen molar-refractivity contribution in [2.24, 2.45) is 0 Å². The lowest BCUT2D eigenvalue weighted by Crippen LogP contribution is -2.13. The number of hydrogen-bond acceptors (Lipinski definition) is 8. The van der Waals surface area contributed by atoms with E-state index in [1.807, 2.05) is 24.3 Å². The molecule has 0 saturated heterocycles. The van der Waals surface area contributed by atoms with Gasteiger partial charge in [0.25, 0.3) is 0 Å². The first-order valence-corrected chi connectivity index (χ1v) is 10.1. The molecule has 10 nitrogen and oxygen atoms in total. The molecular weight excluding hydrogens is 426 g/mol. The molecule has 2 aromatic carbocycles. The summed E-state index contributed by atoms with van der Waals surface area (Å²) >= 11 is 0. The van der Waals surface area contributed by atoms with Gasteiger partial charge in [-0.05, 0) is 36.4 Å². The first kappa shape index (κ1) is 21.9. The number of benzene rings is 2. The molecule has 2 aromatic heterocycles. The predicted octanol–water partition coefficient (Wildman–Crippen LogP) is 3.72. The standard InChI is InChI=1S/C23H23N5O5/c1-30-15-6-4-14(5-7-15)19-13-24-21(33-19)11-10-20(29)25-23-26-22(27-28-23)17-9-8-16(31-2)12-18(17)32-3/h4-9,12-13H,10-11H2,1-3H3,(H2,25,26,27,28,29). The first-order chi connectivity index (χ1) is 16.1. The van der Waals surface area contributed by atoms with E-state index >= 15 is 0 Å². The highest BCUT2D eigenvalue weighted by Crippen LogP contribution is 2.31. The van der Waals surface area contributed by atoms with Crippen molar-refractivity contribution in [2.75, 3.05) is 26.6 Å². The summed E-state index contributed by atoms with van der Waals surface area (Å²) in [4.78, 5) is 20.9. The number of hydrogen-bond donors (Lipinski definition) is 2. The molecule has 33 heavy (non-hydrogen) atoms. The summed E-state index contributed by atoms with van der Waals surface area (Å²) in [6, 6.07) is 12.8. The van der Waals surface area contributed by atoms with Gasteiger partial charge in [-0.25, -0.2) is 4.98 Å². The predicted molar refractivity (Wildman–Crippen MR) is 120 cm³/mol. The fourth-order valence-electron chi connectivity index (χ4n) is 3.15. The highest BCUT2D eigenvalue weighted by Gasteiger charge is 2.15. The second-order valence-corrected chi connectivity index (χ2v) is 6.97. The number of rotatable bonds is 9. The fourth-order valence-corrected chi connectivity index (χ4v) is 3.15. The normalized spacial score (nSPS) is 10.6. The van der Waals surface area contributed by atoms with E-state index < -0.39 is 0 Å². The molecule has 0 fully saturated rings. The molecule has 10 heteroatoms. The Bertz CT molecular complexity index is 1230. The third kappa shape index (κ3) is 5.12. The first-order valence-electron chi connectivity index (χ1n) is 10.1. The molecule has 0 aliphatic carbocycles. The van der Waals surface area contributed by atoms with E-state index in [0.717, 1.165) is 11.3 Å². The van der Waals surface area contributed by atoms with Crippen LogP contribution in [-0.2, 0) is 11.2 Å². The molecule has 0 unspecified atom stereocenters. The Morgan fingerprint density at radius 3 is 2.52 bits per heavy atom. The van der Waals surface area contributed by atoms with Gasteiger partial charge < -0.3 is 18.6 Å². The maximum absolute atomic E-state index is 12.4. The number of aromatic nitrogens is 4. The third-order valence-corrected chi connectivity index (χ3v) is 4.89. The van der Waals surface area contributed by atoms with Crippen LogP contribution in [0.15, 0.2) is 53.1 Å². The van der Waals surface area contributed by atoms with Gasteiger partial charge in [0.15, 0.2) is 17.5 Å². The van der Waals surface area contributed by atoms with Gasteiger partial charge in [-0.3, -0.25) is 15.2 Å². The largest absolute Gasteiger partial charge is 0.497 e. The molecule has 2 heterocycles. The average molecular weight is 449 g/mol. The van der Waals surface area contributed by atoms with Crippen molar-refractivity contribution in [1.29, 1.82) is 0 Å². The summed E-state index contributed by atoms with van der Waals surface area (Å²) < 4.78 is 21.5. The van der Waals surface area contributed by atoms with Crippen molar-refractivity contribution in [2.45, 2.75) is 12.8 Å². The lowest BCUT2D eigenvalue weighted by Gasteiger charge is -2.07. The number of H-pyrrole nitrogens is 1. The van der Waals surface area contributed by atoms with Crippen LogP contribution in [0.5, 0.6) is 17.2 Å². The Kier molecular flexibility index (Phi) is 6.53. The summed E-state index contributed by atoms with van der Waals surface area (Å²) in [7, 11) is 4.75. The molecule has 4 aromatic rings. The number of amides is 1. The van der Waals surface area contributed by atoms with Crippen molar-refractivity contribution in [3.05, 3.63) is 54.6 Å². The van der Waals surface area contributed by atoms with E-state index in [1.54, 1.807) is 45.7 Å². The van der Waals surface area contributed by atoms with Crippen molar-refractivity contribution in [3.63, 3.8) is 0 Å². The Morgan fingerprint density at radius 2 is 1.79 bits per heavy atom. The summed E-state index contributed by atoms with van der Waals surface area (Å²) in [5, 5.41) is 9.54. The molecule has 0 bridgehead atoms. The molecule has 0 atom stereocenters. The fraction of sp³-hybridized carbons (Fsp3) is 0.217. The van der Waals surface area contributed by atoms with Gasteiger partial charge in [0.1, 0.15) is 17.2 Å². The summed E-state index contributed by atoms with van der Waals surface area (Å²) in [6.07, 6.45) is 2.14. The lowest BCUT2D eigenvalue weighted by atomic mass is 10.2. The number of methoxy groups -OCH3 is 3. The number of anilines is 1. The van der Waals surface area contributed by atoms with E-state index in [4.69, 9.17) is 18.6 Å². The van der Waals surface area contributed by atoms with Crippen molar-refractivity contribution in [1.82, 2.24) is 20.2 Å². The molecule has 0 aliphatic rings. The third-order valence-electron chi connectivity index (χ3n) is 4.89. The molecule has 0 spiro atoms. The highest BCUT2D eigenvalue weighted by molar-refractivity contribution is 5.89. The van der Waals surface area contributed by atoms with Crippen LogP contribution >= 0.6 is 0 Å². The van der Waals surface area contributed by atoms with Crippen LogP contribution in [0.3, 0.4) is 0 Å². The Labute approximate surface area is 189 Å². The molecular formula is C23H23N5O5. The zero-order chi connectivity index (χ0) is 23.2. The second kappa shape index (κ2) is 9.86. The van der Waals surface area contributed by atoms with Crippen LogP contribution < -0.4 is 19.5 Å². The quantitative estimate of drug-likeness (QED) is 0.396. The maximum Gasteiger partial charge on any atom is 0.249 e. The van der Waals surface area contributed by atoms with Gasteiger partial charge in [0, 0.05) is 24.5 Å².